The summed E-state index contributed by atoms with van der Waals surface area (Å²) in [5, 5.41) is 17.5. The first-order valence-corrected chi connectivity index (χ1v) is 3.63. The minimum absolute atomic E-state index is 0.169. The molecule has 0 fully saturated rings. The summed E-state index contributed by atoms with van der Waals surface area (Å²) in [5.74, 6) is 0. The van der Waals surface area contributed by atoms with Gasteiger partial charge in [0.1, 0.15) is 0 Å². The van der Waals surface area contributed by atoms with Crippen LogP contribution in [-0.2, 0) is 6.42 Å². The zero-order valence-electron chi connectivity index (χ0n) is 6.23. The Bertz CT molecular complexity index is 181. The lowest BCUT2D eigenvalue weighted by molar-refractivity contribution is 0.0885. The summed E-state index contributed by atoms with van der Waals surface area (Å²) in [6.45, 7) is -0.169. The molecule has 0 amide bonds. The number of aryl methyl sites for hydroxylation is 1. The molecule has 11 heavy (non-hydrogen) atoms. The lowest BCUT2D eigenvalue weighted by atomic mass is 10.1. The van der Waals surface area contributed by atoms with Gasteiger partial charge in [-0.25, -0.2) is 0 Å². The second kappa shape index (κ2) is 4.16. The lowest BCUT2D eigenvalue weighted by Crippen LogP contribution is -2.12. The average molecular weight is 156 g/mol. The van der Waals surface area contributed by atoms with Crippen LogP contribution in [0.15, 0.2) is 23.0 Å². The van der Waals surface area contributed by atoms with E-state index in [0.29, 0.717) is 6.42 Å². The third kappa shape index (κ3) is 2.74. The largest absolute Gasteiger partial charge is 0.472 e. The van der Waals surface area contributed by atoms with E-state index in [2.05, 4.69) is 0 Å². The Labute approximate surface area is 65.3 Å². The van der Waals surface area contributed by atoms with Crippen molar-refractivity contribution in [3.63, 3.8) is 0 Å². The van der Waals surface area contributed by atoms with Crippen molar-refractivity contribution in [3.8, 4) is 0 Å². The molecule has 1 aromatic heterocycles. The number of hydrogen-bond donors (Lipinski definition) is 2. The second-order valence-electron chi connectivity index (χ2n) is 2.51. The quantitative estimate of drug-likeness (QED) is 0.670. The van der Waals surface area contributed by atoms with Gasteiger partial charge in [0.25, 0.3) is 0 Å². The SMILES string of the molecule is OCC(O)CCc1ccoc1. The number of furan rings is 1. The van der Waals surface area contributed by atoms with Gasteiger partial charge in [-0.1, -0.05) is 0 Å². The summed E-state index contributed by atoms with van der Waals surface area (Å²) in [7, 11) is 0. The second-order valence-corrected chi connectivity index (χ2v) is 2.51. The fraction of sp³-hybridized carbons (Fsp3) is 0.500. The number of rotatable bonds is 4. The Balaban J connectivity index is 2.23. The van der Waals surface area contributed by atoms with E-state index in [1.54, 1.807) is 12.5 Å². The molecule has 3 nitrogen and oxygen atoms in total. The Hall–Kier alpha value is -0.800. The van der Waals surface area contributed by atoms with Crippen molar-refractivity contribution in [1.82, 2.24) is 0 Å². The predicted octanol–water partition coefficient (Wildman–Crippen LogP) is 0.565. The van der Waals surface area contributed by atoms with E-state index < -0.39 is 6.10 Å². The van der Waals surface area contributed by atoms with Gasteiger partial charge in [0.05, 0.1) is 25.2 Å². The normalized spacial score (nSPS) is 13.3. The summed E-state index contributed by atoms with van der Waals surface area (Å²) in [4.78, 5) is 0. The first kappa shape index (κ1) is 8.30. The summed E-state index contributed by atoms with van der Waals surface area (Å²) in [5.41, 5.74) is 1.05. The van der Waals surface area contributed by atoms with Crippen molar-refractivity contribution >= 4 is 0 Å². The van der Waals surface area contributed by atoms with Gasteiger partial charge in [0.15, 0.2) is 0 Å². The van der Waals surface area contributed by atoms with Crippen LogP contribution >= 0.6 is 0 Å². The molecule has 0 bridgehead atoms. The van der Waals surface area contributed by atoms with Gasteiger partial charge < -0.3 is 14.6 Å². The molecule has 0 spiro atoms. The third-order valence-corrected chi connectivity index (χ3v) is 1.56. The van der Waals surface area contributed by atoms with Crippen LogP contribution < -0.4 is 0 Å². The highest BCUT2D eigenvalue weighted by Gasteiger charge is 2.02. The van der Waals surface area contributed by atoms with Crippen LogP contribution in [0.25, 0.3) is 0 Å². The Kier molecular flexibility index (Phi) is 3.14. The van der Waals surface area contributed by atoms with Crippen molar-refractivity contribution in [2.75, 3.05) is 6.61 Å². The first-order valence-electron chi connectivity index (χ1n) is 3.63. The fourth-order valence-corrected chi connectivity index (χ4v) is 0.859. The van der Waals surface area contributed by atoms with Crippen LogP contribution in [0, 0.1) is 0 Å². The summed E-state index contributed by atoms with van der Waals surface area (Å²) in [6.07, 6.45) is 3.96. The van der Waals surface area contributed by atoms with Gasteiger partial charge in [-0.3, -0.25) is 0 Å². The van der Waals surface area contributed by atoms with Gasteiger partial charge in [0, 0.05) is 0 Å². The molecule has 0 radical (unpaired) electrons. The van der Waals surface area contributed by atoms with E-state index in [-0.39, 0.29) is 6.61 Å². The summed E-state index contributed by atoms with van der Waals surface area (Å²) in [6, 6.07) is 1.85. The first-order chi connectivity index (χ1) is 5.33. The highest BCUT2D eigenvalue weighted by Crippen LogP contribution is 2.05. The van der Waals surface area contributed by atoms with E-state index >= 15 is 0 Å². The summed E-state index contributed by atoms with van der Waals surface area (Å²) < 4.78 is 4.84. The van der Waals surface area contributed by atoms with Crippen molar-refractivity contribution in [2.24, 2.45) is 0 Å². The van der Waals surface area contributed by atoms with Gasteiger partial charge in [-0.2, -0.15) is 0 Å². The number of aliphatic hydroxyl groups is 2. The molecule has 0 aliphatic carbocycles. The Morgan fingerprint density at radius 3 is 2.91 bits per heavy atom. The van der Waals surface area contributed by atoms with Crippen LogP contribution in [0.3, 0.4) is 0 Å². The van der Waals surface area contributed by atoms with Crippen molar-refractivity contribution in [3.05, 3.63) is 24.2 Å². The molecule has 62 valence electrons. The molecule has 1 atom stereocenters. The van der Waals surface area contributed by atoms with Crippen LogP contribution in [0.4, 0.5) is 0 Å². The molecule has 0 saturated heterocycles. The summed E-state index contributed by atoms with van der Waals surface area (Å²) >= 11 is 0. The fourth-order valence-electron chi connectivity index (χ4n) is 0.859. The number of hydrogen-bond acceptors (Lipinski definition) is 3. The molecule has 1 rings (SSSR count). The van der Waals surface area contributed by atoms with Gasteiger partial charge >= 0.3 is 0 Å². The highest BCUT2D eigenvalue weighted by atomic mass is 16.3. The van der Waals surface area contributed by atoms with E-state index in [1.807, 2.05) is 6.07 Å². The van der Waals surface area contributed by atoms with Crippen LogP contribution in [0.5, 0.6) is 0 Å². The molecule has 2 N–H and O–H groups in total. The molecule has 3 heteroatoms. The Morgan fingerprint density at radius 2 is 2.36 bits per heavy atom. The Morgan fingerprint density at radius 1 is 1.55 bits per heavy atom. The molecule has 1 heterocycles. The van der Waals surface area contributed by atoms with E-state index in [4.69, 9.17) is 14.6 Å². The van der Waals surface area contributed by atoms with E-state index in [1.165, 1.54) is 0 Å². The van der Waals surface area contributed by atoms with Crippen molar-refractivity contribution < 1.29 is 14.6 Å². The minimum atomic E-state index is -0.607. The predicted molar refractivity (Wildman–Crippen MR) is 40.1 cm³/mol. The van der Waals surface area contributed by atoms with E-state index in [9.17, 15) is 0 Å². The molecule has 0 aliphatic heterocycles. The maximum atomic E-state index is 8.98. The molecular formula is C8H12O3. The van der Waals surface area contributed by atoms with Gasteiger partial charge in [-0.15, -0.1) is 0 Å². The maximum absolute atomic E-state index is 8.98. The van der Waals surface area contributed by atoms with Gasteiger partial charge in [0.2, 0.25) is 0 Å². The standard InChI is InChI=1S/C8H12O3/c9-5-8(10)2-1-7-3-4-11-6-7/h3-4,6,8-10H,1-2,5H2. The third-order valence-electron chi connectivity index (χ3n) is 1.56. The average Bonchev–Trinajstić information content (AvgIpc) is 2.52. The van der Waals surface area contributed by atoms with Crippen molar-refractivity contribution in [2.45, 2.75) is 18.9 Å². The topological polar surface area (TPSA) is 53.6 Å². The van der Waals surface area contributed by atoms with Crippen LogP contribution in [-0.4, -0.2) is 22.9 Å². The molecule has 1 aromatic rings. The lowest BCUT2D eigenvalue weighted by Gasteiger charge is -2.03. The maximum Gasteiger partial charge on any atom is 0.0934 e. The van der Waals surface area contributed by atoms with E-state index in [0.717, 1.165) is 12.0 Å². The highest BCUT2D eigenvalue weighted by molar-refractivity contribution is 5.05. The monoisotopic (exact) mass is 156 g/mol. The molecule has 1 unspecified atom stereocenters. The van der Waals surface area contributed by atoms with Gasteiger partial charge in [-0.05, 0) is 24.5 Å². The zero-order valence-corrected chi connectivity index (χ0v) is 6.23. The minimum Gasteiger partial charge on any atom is -0.472 e. The van der Waals surface area contributed by atoms with Crippen LogP contribution in [0.1, 0.15) is 12.0 Å². The number of aliphatic hydroxyl groups excluding tert-OH is 2. The molecular weight excluding hydrogens is 144 g/mol. The molecule has 0 aromatic carbocycles. The van der Waals surface area contributed by atoms with Crippen molar-refractivity contribution in [1.29, 1.82) is 0 Å². The molecule has 0 aliphatic rings. The zero-order chi connectivity index (χ0) is 8.10. The van der Waals surface area contributed by atoms with Crippen LogP contribution in [0.2, 0.25) is 0 Å². The molecule has 0 saturated carbocycles. The smallest absolute Gasteiger partial charge is 0.0934 e.